The molecule has 3 rings (SSSR count). The Balaban J connectivity index is 1.51. The average molecular weight is 553 g/mol. The lowest BCUT2D eigenvalue weighted by atomic mass is 10.1. The van der Waals surface area contributed by atoms with E-state index < -0.39 is 27.8 Å². The van der Waals surface area contributed by atoms with Gasteiger partial charge in [0.2, 0.25) is 0 Å². The van der Waals surface area contributed by atoms with Crippen molar-refractivity contribution in [2.24, 2.45) is 0 Å². The van der Waals surface area contributed by atoms with Crippen LogP contribution in [0.5, 0.6) is 0 Å². The summed E-state index contributed by atoms with van der Waals surface area (Å²) in [6, 6.07) is 17.5. The minimum atomic E-state index is -4.24. The number of esters is 1. The topological polar surface area (TPSA) is 161 Å². The van der Waals surface area contributed by atoms with Crippen LogP contribution in [0.25, 0.3) is 0 Å². The van der Waals surface area contributed by atoms with E-state index >= 15 is 0 Å². The van der Waals surface area contributed by atoms with Crippen LogP contribution >= 0.6 is 0 Å². The number of rotatable bonds is 12. The summed E-state index contributed by atoms with van der Waals surface area (Å²) in [5, 5.41) is 5.12. The zero-order valence-electron chi connectivity index (χ0n) is 21.2. The summed E-state index contributed by atoms with van der Waals surface area (Å²) in [6.07, 6.45) is 2.61. The maximum atomic E-state index is 12.7. The van der Waals surface area contributed by atoms with Gasteiger partial charge >= 0.3 is 5.97 Å². The summed E-state index contributed by atoms with van der Waals surface area (Å²) < 4.78 is 32.0. The fourth-order valence-corrected chi connectivity index (χ4v) is 4.36. The molecular weight excluding hydrogens is 524 g/mol. The SMILES string of the molecule is CCOC(=O)CNC(=O)c1ccc(C(=O)NS(=O)(=O)c2ccc(C(=O)NCCCc3ccccc3)cc2)cn1. The Bertz CT molecular complexity index is 1410. The lowest BCUT2D eigenvalue weighted by Gasteiger charge is -2.09. The largest absolute Gasteiger partial charge is 0.465 e. The first-order valence-corrected chi connectivity index (χ1v) is 13.6. The van der Waals surface area contributed by atoms with Crippen molar-refractivity contribution in [2.75, 3.05) is 19.7 Å². The lowest BCUT2D eigenvalue weighted by molar-refractivity contribution is -0.141. The van der Waals surface area contributed by atoms with E-state index in [9.17, 15) is 27.6 Å². The Morgan fingerprint density at radius 1 is 0.821 bits per heavy atom. The molecule has 0 aliphatic rings. The second-order valence-electron chi connectivity index (χ2n) is 8.22. The van der Waals surface area contributed by atoms with Gasteiger partial charge in [0.05, 0.1) is 17.1 Å². The number of carbonyl (C=O) groups excluding carboxylic acids is 4. The summed E-state index contributed by atoms with van der Waals surface area (Å²) in [7, 11) is -4.24. The van der Waals surface area contributed by atoms with E-state index in [1.165, 1.54) is 42.0 Å². The molecule has 3 amide bonds. The number of carbonyl (C=O) groups is 4. The van der Waals surface area contributed by atoms with Crippen LogP contribution in [-0.4, -0.2) is 56.8 Å². The molecule has 39 heavy (non-hydrogen) atoms. The number of benzene rings is 2. The van der Waals surface area contributed by atoms with Crippen LogP contribution in [0.2, 0.25) is 0 Å². The Hall–Kier alpha value is -4.58. The summed E-state index contributed by atoms with van der Waals surface area (Å²) in [6.45, 7) is 1.93. The number of aromatic nitrogens is 1. The van der Waals surface area contributed by atoms with E-state index in [1.54, 1.807) is 6.92 Å². The number of nitrogens with one attached hydrogen (secondary N) is 3. The predicted octanol–water partition coefficient (Wildman–Crippen LogP) is 1.86. The molecule has 3 N–H and O–H groups in total. The number of sulfonamides is 1. The van der Waals surface area contributed by atoms with Gasteiger partial charge in [-0.2, -0.15) is 0 Å². The molecule has 3 aromatic rings. The summed E-state index contributed by atoms with van der Waals surface area (Å²) in [5.74, 6) is -2.57. The molecule has 0 saturated carbocycles. The zero-order valence-corrected chi connectivity index (χ0v) is 22.0. The highest BCUT2D eigenvalue weighted by atomic mass is 32.2. The van der Waals surface area contributed by atoms with Gasteiger partial charge in [0.1, 0.15) is 12.2 Å². The van der Waals surface area contributed by atoms with Crippen molar-refractivity contribution in [3.05, 3.63) is 95.3 Å². The van der Waals surface area contributed by atoms with Crippen molar-refractivity contribution >= 4 is 33.7 Å². The van der Waals surface area contributed by atoms with Crippen LogP contribution in [0.15, 0.2) is 77.8 Å². The van der Waals surface area contributed by atoms with Crippen LogP contribution < -0.4 is 15.4 Å². The highest BCUT2D eigenvalue weighted by Gasteiger charge is 2.20. The molecule has 0 fully saturated rings. The molecule has 1 heterocycles. The highest BCUT2D eigenvalue weighted by Crippen LogP contribution is 2.12. The minimum Gasteiger partial charge on any atom is -0.465 e. The van der Waals surface area contributed by atoms with Gasteiger partial charge in [-0.15, -0.1) is 0 Å². The monoisotopic (exact) mass is 552 g/mol. The van der Waals surface area contributed by atoms with Gasteiger partial charge < -0.3 is 15.4 Å². The molecule has 11 nitrogen and oxygen atoms in total. The van der Waals surface area contributed by atoms with Crippen LogP contribution in [0.4, 0.5) is 0 Å². The average Bonchev–Trinajstić information content (AvgIpc) is 2.94. The van der Waals surface area contributed by atoms with Crippen LogP contribution in [0, 0.1) is 0 Å². The number of pyridine rings is 1. The van der Waals surface area contributed by atoms with Gasteiger partial charge in [0.15, 0.2) is 0 Å². The number of hydrogen-bond donors (Lipinski definition) is 3. The smallest absolute Gasteiger partial charge is 0.325 e. The van der Waals surface area contributed by atoms with E-state index in [0.29, 0.717) is 6.54 Å². The van der Waals surface area contributed by atoms with Crippen molar-refractivity contribution in [3.8, 4) is 0 Å². The van der Waals surface area contributed by atoms with E-state index in [1.807, 2.05) is 35.1 Å². The molecule has 0 atom stereocenters. The molecule has 0 aliphatic heterocycles. The fourth-order valence-electron chi connectivity index (χ4n) is 3.38. The minimum absolute atomic E-state index is 0.0763. The Morgan fingerprint density at radius 3 is 2.15 bits per heavy atom. The molecule has 12 heteroatoms. The second-order valence-corrected chi connectivity index (χ2v) is 9.91. The number of aryl methyl sites for hydroxylation is 1. The van der Waals surface area contributed by atoms with Crippen molar-refractivity contribution in [2.45, 2.75) is 24.7 Å². The maximum Gasteiger partial charge on any atom is 0.325 e. The van der Waals surface area contributed by atoms with Crippen LogP contribution in [-0.2, 0) is 26.0 Å². The first kappa shape index (κ1) is 29.0. The summed E-state index contributed by atoms with van der Waals surface area (Å²) >= 11 is 0. The van der Waals surface area contributed by atoms with Gasteiger partial charge in [-0.05, 0) is 61.7 Å². The molecule has 0 aliphatic carbocycles. The summed E-state index contributed by atoms with van der Waals surface area (Å²) in [5.41, 5.74) is 1.27. The van der Waals surface area contributed by atoms with E-state index in [0.717, 1.165) is 19.0 Å². The molecule has 0 bridgehead atoms. The Labute approximate surface area is 226 Å². The molecule has 204 valence electrons. The van der Waals surface area contributed by atoms with Crippen LogP contribution in [0.1, 0.15) is 50.1 Å². The number of nitrogens with zero attached hydrogens (tertiary/aromatic N) is 1. The predicted molar refractivity (Wildman–Crippen MR) is 141 cm³/mol. The maximum absolute atomic E-state index is 12.7. The molecular formula is C27H28N4O7S. The van der Waals surface area contributed by atoms with Crippen molar-refractivity contribution in [1.82, 2.24) is 20.3 Å². The van der Waals surface area contributed by atoms with Gasteiger partial charge in [-0.25, -0.2) is 13.1 Å². The molecule has 2 aromatic carbocycles. The molecule has 0 radical (unpaired) electrons. The quantitative estimate of drug-likeness (QED) is 0.227. The third-order valence-electron chi connectivity index (χ3n) is 5.38. The van der Waals surface area contributed by atoms with Gasteiger partial charge in [0, 0.05) is 18.3 Å². The van der Waals surface area contributed by atoms with Crippen molar-refractivity contribution in [1.29, 1.82) is 0 Å². The molecule has 0 unspecified atom stereocenters. The standard InChI is InChI=1S/C27H28N4O7S/c1-2-38-24(32)18-30-27(35)23-15-12-21(17-29-23)26(34)31-39(36,37)22-13-10-20(11-14-22)25(33)28-16-6-9-19-7-4-3-5-8-19/h3-5,7-8,10-15,17H,2,6,9,16,18H2,1H3,(H,28,33)(H,30,35)(H,31,34). The van der Waals surface area contributed by atoms with Crippen molar-refractivity contribution < 1.29 is 32.3 Å². The lowest BCUT2D eigenvalue weighted by Crippen LogP contribution is -2.32. The number of amides is 3. The van der Waals surface area contributed by atoms with Crippen molar-refractivity contribution in [3.63, 3.8) is 0 Å². The number of ether oxygens (including phenoxy) is 1. The van der Waals surface area contributed by atoms with Gasteiger partial charge in [0.25, 0.3) is 27.7 Å². The second kappa shape index (κ2) is 13.8. The first-order valence-electron chi connectivity index (χ1n) is 12.1. The third-order valence-corrected chi connectivity index (χ3v) is 6.73. The normalized spacial score (nSPS) is 10.8. The highest BCUT2D eigenvalue weighted by molar-refractivity contribution is 7.90. The zero-order chi connectivity index (χ0) is 28.3. The van der Waals surface area contributed by atoms with Gasteiger partial charge in [-0.1, -0.05) is 30.3 Å². The fraction of sp³-hybridized carbons (Fsp3) is 0.222. The molecule has 0 spiro atoms. The Morgan fingerprint density at radius 2 is 1.51 bits per heavy atom. The van der Waals surface area contributed by atoms with E-state index in [-0.39, 0.29) is 40.8 Å². The van der Waals surface area contributed by atoms with Gasteiger partial charge in [-0.3, -0.25) is 24.2 Å². The summed E-state index contributed by atoms with van der Waals surface area (Å²) in [4.78, 5) is 51.9. The number of hydrogen-bond acceptors (Lipinski definition) is 8. The molecule has 1 aromatic heterocycles. The van der Waals surface area contributed by atoms with E-state index in [2.05, 4.69) is 15.6 Å². The van der Waals surface area contributed by atoms with Crippen LogP contribution in [0.3, 0.4) is 0 Å². The Kier molecular flexibility index (Phi) is 10.3. The van der Waals surface area contributed by atoms with E-state index in [4.69, 9.17) is 4.74 Å². The first-order chi connectivity index (χ1) is 18.7. The third kappa shape index (κ3) is 8.75. The molecule has 0 saturated heterocycles.